The van der Waals surface area contributed by atoms with Gasteiger partial charge in [-0.2, -0.15) is 0 Å². The molecule has 1 rings (SSSR count). The van der Waals surface area contributed by atoms with E-state index in [-0.39, 0.29) is 17.2 Å². The number of nitrogens with two attached hydrogens (primary N) is 1. The summed E-state index contributed by atoms with van der Waals surface area (Å²) in [7, 11) is -3.17. The molecule has 0 aliphatic carbocycles. The van der Waals surface area contributed by atoms with E-state index < -0.39 is 15.7 Å². The Morgan fingerprint density at radius 1 is 1.35 bits per heavy atom. The molecule has 0 spiro atoms. The van der Waals surface area contributed by atoms with E-state index in [4.69, 9.17) is 5.73 Å². The zero-order valence-electron chi connectivity index (χ0n) is 10.1. The van der Waals surface area contributed by atoms with Crippen LogP contribution in [0.2, 0.25) is 0 Å². The second kappa shape index (κ2) is 5.49. The van der Waals surface area contributed by atoms with Crippen LogP contribution in [0, 0.1) is 11.7 Å². The van der Waals surface area contributed by atoms with E-state index in [1.54, 1.807) is 0 Å². The lowest BCUT2D eigenvalue weighted by Gasteiger charge is -2.08. The number of hydrogen-bond donors (Lipinski definition) is 1. The third-order valence-corrected chi connectivity index (χ3v) is 4.10. The van der Waals surface area contributed by atoms with Crippen LogP contribution in [0.3, 0.4) is 0 Å². The summed E-state index contributed by atoms with van der Waals surface area (Å²) in [4.78, 5) is 0. The highest BCUT2D eigenvalue weighted by Gasteiger charge is 2.14. The first-order chi connectivity index (χ1) is 7.80. The van der Waals surface area contributed by atoms with E-state index in [9.17, 15) is 12.8 Å². The van der Waals surface area contributed by atoms with Gasteiger partial charge in [0.25, 0.3) is 0 Å². The molecular weight excluding hydrogens is 241 g/mol. The molecule has 0 fully saturated rings. The van der Waals surface area contributed by atoms with Gasteiger partial charge in [0.05, 0.1) is 11.5 Å². The fraction of sp³-hybridized carbons (Fsp3) is 0.500. The Bertz CT molecular complexity index is 483. The maximum atomic E-state index is 12.8. The normalized spacial score (nSPS) is 12.0. The van der Waals surface area contributed by atoms with Crippen molar-refractivity contribution in [3.63, 3.8) is 0 Å². The summed E-state index contributed by atoms with van der Waals surface area (Å²) < 4.78 is 36.4. The molecule has 5 heteroatoms. The van der Waals surface area contributed by atoms with E-state index in [0.29, 0.717) is 17.9 Å². The Labute approximate surface area is 102 Å². The molecule has 0 aromatic heterocycles. The highest BCUT2D eigenvalue weighted by Crippen LogP contribution is 2.17. The topological polar surface area (TPSA) is 60.2 Å². The summed E-state index contributed by atoms with van der Waals surface area (Å²) in [5, 5.41) is 0. The maximum Gasteiger partial charge on any atom is 0.154 e. The van der Waals surface area contributed by atoms with Crippen molar-refractivity contribution in [1.82, 2.24) is 0 Å². The van der Waals surface area contributed by atoms with Crippen LogP contribution in [-0.4, -0.2) is 14.2 Å². The van der Waals surface area contributed by atoms with Crippen molar-refractivity contribution < 1.29 is 12.8 Å². The Morgan fingerprint density at radius 2 is 2.00 bits per heavy atom. The fourth-order valence-corrected chi connectivity index (χ4v) is 3.13. The van der Waals surface area contributed by atoms with Crippen LogP contribution in [-0.2, 0) is 15.6 Å². The molecule has 3 nitrogen and oxygen atoms in total. The molecule has 96 valence electrons. The van der Waals surface area contributed by atoms with Crippen molar-refractivity contribution in [2.24, 2.45) is 5.92 Å². The zero-order valence-corrected chi connectivity index (χ0v) is 10.9. The van der Waals surface area contributed by atoms with Crippen LogP contribution in [0.1, 0.15) is 25.8 Å². The van der Waals surface area contributed by atoms with Crippen LogP contribution in [0.25, 0.3) is 0 Å². The standard InChI is InChI=1S/C12H18FNO2S/c1-9(2)5-6-17(15,16)8-10-3-4-11(13)7-12(10)14/h3-4,7,9H,5-6,8,14H2,1-2H3. The average Bonchev–Trinajstić information content (AvgIpc) is 2.20. The Morgan fingerprint density at radius 3 is 2.53 bits per heavy atom. The number of halogens is 1. The average molecular weight is 259 g/mol. The maximum absolute atomic E-state index is 12.8. The molecule has 1 aromatic carbocycles. The minimum Gasteiger partial charge on any atom is -0.398 e. The molecule has 0 aliphatic heterocycles. The lowest BCUT2D eigenvalue weighted by Crippen LogP contribution is -2.12. The van der Waals surface area contributed by atoms with E-state index in [1.807, 2.05) is 13.8 Å². The van der Waals surface area contributed by atoms with Crippen molar-refractivity contribution in [2.75, 3.05) is 11.5 Å². The number of anilines is 1. The van der Waals surface area contributed by atoms with E-state index >= 15 is 0 Å². The quantitative estimate of drug-likeness (QED) is 0.826. The van der Waals surface area contributed by atoms with E-state index in [0.717, 1.165) is 6.07 Å². The number of benzene rings is 1. The van der Waals surface area contributed by atoms with Crippen LogP contribution in [0.15, 0.2) is 18.2 Å². The largest absolute Gasteiger partial charge is 0.398 e. The van der Waals surface area contributed by atoms with Crippen molar-refractivity contribution in [3.05, 3.63) is 29.6 Å². The van der Waals surface area contributed by atoms with Crippen molar-refractivity contribution in [1.29, 1.82) is 0 Å². The second-order valence-corrected chi connectivity index (χ2v) is 6.80. The van der Waals surface area contributed by atoms with Gasteiger partial charge in [0.2, 0.25) is 0 Å². The third kappa shape index (κ3) is 4.73. The molecule has 0 amide bonds. The van der Waals surface area contributed by atoms with Crippen LogP contribution in [0.5, 0.6) is 0 Å². The van der Waals surface area contributed by atoms with Gasteiger partial charge in [-0.05, 0) is 30.0 Å². The molecule has 0 heterocycles. The first-order valence-corrected chi connectivity index (χ1v) is 7.36. The van der Waals surface area contributed by atoms with Gasteiger partial charge < -0.3 is 5.73 Å². The molecule has 17 heavy (non-hydrogen) atoms. The van der Waals surface area contributed by atoms with Crippen molar-refractivity contribution in [2.45, 2.75) is 26.0 Å². The predicted molar refractivity (Wildman–Crippen MR) is 67.8 cm³/mol. The summed E-state index contributed by atoms with van der Waals surface area (Å²) in [5.41, 5.74) is 6.24. The highest BCUT2D eigenvalue weighted by molar-refractivity contribution is 7.90. The summed E-state index contributed by atoms with van der Waals surface area (Å²) >= 11 is 0. The van der Waals surface area contributed by atoms with Crippen LogP contribution in [0.4, 0.5) is 10.1 Å². The Hall–Kier alpha value is -1.10. The zero-order chi connectivity index (χ0) is 13.1. The van der Waals surface area contributed by atoms with Gasteiger partial charge >= 0.3 is 0 Å². The minimum absolute atomic E-state index is 0.119. The highest BCUT2D eigenvalue weighted by atomic mass is 32.2. The number of sulfone groups is 1. The number of hydrogen-bond acceptors (Lipinski definition) is 3. The van der Waals surface area contributed by atoms with Gasteiger partial charge in [-0.3, -0.25) is 0 Å². The molecule has 0 unspecified atom stereocenters. The SMILES string of the molecule is CC(C)CCS(=O)(=O)Cc1ccc(F)cc1N. The van der Waals surface area contributed by atoms with Crippen LogP contribution < -0.4 is 5.73 Å². The molecule has 1 aromatic rings. The van der Waals surface area contributed by atoms with Gasteiger partial charge in [-0.25, -0.2) is 12.8 Å². The van der Waals surface area contributed by atoms with Crippen LogP contribution >= 0.6 is 0 Å². The first-order valence-electron chi connectivity index (χ1n) is 5.54. The van der Waals surface area contributed by atoms with Gasteiger partial charge in [0.15, 0.2) is 9.84 Å². The van der Waals surface area contributed by atoms with Crippen molar-refractivity contribution in [3.8, 4) is 0 Å². The molecule has 2 N–H and O–H groups in total. The minimum atomic E-state index is -3.17. The monoisotopic (exact) mass is 259 g/mol. The molecule has 0 aliphatic rings. The second-order valence-electron chi connectivity index (χ2n) is 4.62. The van der Waals surface area contributed by atoms with Gasteiger partial charge in [-0.1, -0.05) is 19.9 Å². The lowest BCUT2D eigenvalue weighted by atomic mass is 10.2. The molecule has 0 saturated carbocycles. The molecule has 0 radical (unpaired) electrons. The fourth-order valence-electron chi connectivity index (χ4n) is 1.42. The number of rotatable bonds is 5. The molecule has 0 atom stereocenters. The molecule has 0 bridgehead atoms. The smallest absolute Gasteiger partial charge is 0.154 e. The molecular formula is C12H18FNO2S. The molecule has 0 saturated heterocycles. The Balaban J connectivity index is 2.76. The summed E-state index contributed by atoms with van der Waals surface area (Å²) in [6, 6.07) is 3.80. The lowest BCUT2D eigenvalue weighted by molar-refractivity contribution is 0.573. The van der Waals surface area contributed by atoms with E-state index in [2.05, 4.69) is 0 Å². The number of nitrogen functional groups attached to an aromatic ring is 1. The van der Waals surface area contributed by atoms with E-state index in [1.165, 1.54) is 12.1 Å². The van der Waals surface area contributed by atoms with Gasteiger partial charge in [0, 0.05) is 5.69 Å². The Kier molecular flexibility index (Phi) is 4.51. The summed E-state index contributed by atoms with van der Waals surface area (Å²) in [6.45, 7) is 3.95. The van der Waals surface area contributed by atoms with Crippen molar-refractivity contribution >= 4 is 15.5 Å². The predicted octanol–water partition coefficient (Wildman–Crippen LogP) is 2.37. The van der Waals surface area contributed by atoms with Gasteiger partial charge in [0.1, 0.15) is 5.82 Å². The summed E-state index contributed by atoms with van der Waals surface area (Å²) in [5.74, 6) is -0.0889. The summed E-state index contributed by atoms with van der Waals surface area (Å²) in [6.07, 6.45) is 0.628. The first kappa shape index (κ1) is 14.0. The van der Waals surface area contributed by atoms with Gasteiger partial charge in [-0.15, -0.1) is 0 Å². The third-order valence-electron chi connectivity index (χ3n) is 2.49.